The Hall–Kier alpha value is -1.81. The minimum Gasteiger partial charge on any atom is -0.478 e. The zero-order chi connectivity index (χ0) is 14.0. The Morgan fingerprint density at radius 3 is 2.42 bits per heavy atom. The van der Waals surface area contributed by atoms with Crippen molar-refractivity contribution in [3.8, 4) is 11.5 Å². The van der Waals surface area contributed by atoms with Gasteiger partial charge in [-0.05, 0) is 59.1 Å². The van der Waals surface area contributed by atoms with E-state index in [-0.39, 0.29) is 5.56 Å². The highest BCUT2D eigenvalue weighted by Gasteiger charge is 2.16. The number of hydrogen-bond acceptors (Lipinski definition) is 2. The Kier molecular flexibility index (Phi) is 3.90. The Labute approximate surface area is 120 Å². The molecule has 0 unspecified atom stereocenters. The normalized spacial score (nSPS) is 10.3. The summed E-state index contributed by atoms with van der Waals surface area (Å²) in [7, 11) is 0. The van der Waals surface area contributed by atoms with E-state index in [4.69, 9.17) is 4.74 Å². The van der Waals surface area contributed by atoms with E-state index >= 15 is 0 Å². The van der Waals surface area contributed by atoms with Crippen molar-refractivity contribution in [3.05, 3.63) is 57.6 Å². The van der Waals surface area contributed by atoms with Crippen LogP contribution in [0, 0.1) is 13.8 Å². The summed E-state index contributed by atoms with van der Waals surface area (Å²) in [4.78, 5) is 11.3. The van der Waals surface area contributed by atoms with Crippen LogP contribution in [0.2, 0.25) is 0 Å². The van der Waals surface area contributed by atoms with E-state index < -0.39 is 5.97 Å². The van der Waals surface area contributed by atoms with Crippen molar-refractivity contribution >= 4 is 21.9 Å². The van der Waals surface area contributed by atoms with E-state index in [1.54, 1.807) is 18.2 Å². The van der Waals surface area contributed by atoms with Crippen molar-refractivity contribution in [1.82, 2.24) is 0 Å². The number of rotatable bonds is 3. The number of benzene rings is 2. The maximum atomic E-state index is 11.3. The number of halogens is 1. The Balaban J connectivity index is 2.47. The van der Waals surface area contributed by atoms with Gasteiger partial charge in [-0.2, -0.15) is 0 Å². The van der Waals surface area contributed by atoms with E-state index in [0.29, 0.717) is 16.0 Å². The minimum atomic E-state index is -1.02. The van der Waals surface area contributed by atoms with Gasteiger partial charge in [-0.1, -0.05) is 18.2 Å². The zero-order valence-corrected chi connectivity index (χ0v) is 12.2. The number of aryl methyl sites for hydroxylation is 1. The number of aromatic carboxylic acids is 1. The summed E-state index contributed by atoms with van der Waals surface area (Å²) in [6, 6.07) is 10.8. The van der Waals surface area contributed by atoms with E-state index in [1.165, 1.54) is 0 Å². The van der Waals surface area contributed by atoms with Crippen LogP contribution in [0.4, 0.5) is 0 Å². The van der Waals surface area contributed by atoms with Crippen LogP contribution in [-0.4, -0.2) is 11.1 Å². The summed E-state index contributed by atoms with van der Waals surface area (Å²) in [6.07, 6.45) is 0. The molecule has 0 radical (unpaired) electrons. The summed E-state index contributed by atoms with van der Waals surface area (Å²) < 4.78 is 6.26. The molecule has 0 amide bonds. The predicted octanol–water partition coefficient (Wildman–Crippen LogP) is 4.56. The number of carbonyl (C=O) groups is 1. The fourth-order valence-electron chi connectivity index (χ4n) is 1.75. The van der Waals surface area contributed by atoms with Gasteiger partial charge in [0, 0.05) is 4.47 Å². The second-order valence-electron chi connectivity index (χ2n) is 4.22. The molecule has 0 atom stereocenters. The lowest BCUT2D eigenvalue weighted by molar-refractivity contribution is 0.0693. The molecular formula is C15H13BrO3. The molecule has 2 rings (SSSR count). The smallest absolute Gasteiger partial charge is 0.340 e. The summed E-state index contributed by atoms with van der Waals surface area (Å²) >= 11 is 3.23. The third kappa shape index (κ3) is 2.79. The lowest BCUT2D eigenvalue weighted by Gasteiger charge is -2.13. The quantitative estimate of drug-likeness (QED) is 0.902. The van der Waals surface area contributed by atoms with Crippen LogP contribution in [0.15, 0.2) is 40.9 Å². The van der Waals surface area contributed by atoms with Gasteiger partial charge in [0.2, 0.25) is 0 Å². The van der Waals surface area contributed by atoms with Crippen molar-refractivity contribution in [2.45, 2.75) is 13.8 Å². The number of carboxylic acid groups (broad SMARTS) is 1. The third-order valence-corrected chi connectivity index (χ3v) is 3.62. The highest BCUT2D eigenvalue weighted by atomic mass is 79.9. The number of carboxylic acids is 1. The maximum Gasteiger partial charge on any atom is 0.340 e. The first kappa shape index (κ1) is 13.6. The number of hydrogen-bond donors (Lipinski definition) is 1. The van der Waals surface area contributed by atoms with Gasteiger partial charge in [0.15, 0.2) is 0 Å². The van der Waals surface area contributed by atoms with Gasteiger partial charge in [-0.25, -0.2) is 4.79 Å². The molecule has 4 heteroatoms. The summed E-state index contributed by atoms with van der Waals surface area (Å²) in [5.74, 6) is -0.0241. The largest absolute Gasteiger partial charge is 0.478 e. The highest BCUT2D eigenvalue weighted by Crippen LogP contribution is 2.32. The van der Waals surface area contributed by atoms with Crippen molar-refractivity contribution in [2.24, 2.45) is 0 Å². The number of ether oxygens (including phenoxy) is 1. The van der Waals surface area contributed by atoms with Crippen molar-refractivity contribution in [3.63, 3.8) is 0 Å². The highest BCUT2D eigenvalue weighted by molar-refractivity contribution is 9.10. The van der Waals surface area contributed by atoms with Gasteiger partial charge in [-0.3, -0.25) is 0 Å². The first-order valence-corrected chi connectivity index (χ1v) is 6.56. The standard InChI is InChI=1S/C15H13BrO3/c1-9-5-3-7-12(10(9)2)19-13-8-4-6-11(16)14(13)15(17)18/h3-8H,1-2H3,(H,17,18). The lowest BCUT2D eigenvalue weighted by Crippen LogP contribution is -2.02. The average molecular weight is 321 g/mol. The first-order valence-electron chi connectivity index (χ1n) is 5.76. The Morgan fingerprint density at radius 1 is 1.11 bits per heavy atom. The average Bonchev–Trinajstić information content (AvgIpc) is 2.34. The van der Waals surface area contributed by atoms with Gasteiger partial charge in [0.05, 0.1) is 0 Å². The van der Waals surface area contributed by atoms with E-state index in [9.17, 15) is 9.90 Å². The second-order valence-corrected chi connectivity index (χ2v) is 5.07. The monoisotopic (exact) mass is 320 g/mol. The Bertz CT molecular complexity index is 635. The van der Waals surface area contributed by atoms with E-state index in [0.717, 1.165) is 11.1 Å². The molecule has 2 aromatic carbocycles. The zero-order valence-electron chi connectivity index (χ0n) is 10.6. The molecular weight excluding hydrogens is 308 g/mol. The third-order valence-electron chi connectivity index (χ3n) is 2.96. The van der Waals surface area contributed by atoms with E-state index in [2.05, 4.69) is 15.9 Å². The fraction of sp³-hybridized carbons (Fsp3) is 0.133. The van der Waals surface area contributed by atoms with Crippen molar-refractivity contribution in [1.29, 1.82) is 0 Å². The van der Waals surface area contributed by atoms with Gasteiger partial charge in [0.25, 0.3) is 0 Å². The molecule has 0 aliphatic rings. The molecule has 0 aliphatic heterocycles. The molecule has 0 bridgehead atoms. The Morgan fingerprint density at radius 2 is 1.74 bits per heavy atom. The molecule has 0 heterocycles. The molecule has 3 nitrogen and oxygen atoms in total. The van der Waals surface area contributed by atoms with E-state index in [1.807, 2.05) is 32.0 Å². The predicted molar refractivity (Wildman–Crippen MR) is 77.1 cm³/mol. The summed E-state index contributed by atoms with van der Waals surface area (Å²) in [6.45, 7) is 3.93. The van der Waals surface area contributed by atoms with Crippen LogP contribution in [0.1, 0.15) is 21.5 Å². The lowest BCUT2D eigenvalue weighted by atomic mass is 10.1. The first-order chi connectivity index (χ1) is 9.00. The van der Waals surface area contributed by atoms with Crippen LogP contribution in [0.25, 0.3) is 0 Å². The molecule has 0 fully saturated rings. The summed E-state index contributed by atoms with van der Waals surface area (Å²) in [5.41, 5.74) is 2.23. The molecule has 19 heavy (non-hydrogen) atoms. The maximum absolute atomic E-state index is 11.3. The van der Waals surface area contributed by atoms with Gasteiger partial charge in [0.1, 0.15) is 17.1 Å². The molecule has 2 aromatic rings. The van der Waals surface area contributed by atoms with Crippen LogP contribution in [-0.2, 0) is 0 Å². The second kappa shape index (κ2) is 5.45. The fourth-order valence-corrected chi connectivity index (χ4v) is 2.27. The van der Waals surface area contributed by atoms with Crippen LogP contribution < -0.4 is 4.74 Å². The van der Waals surface area contributed by atoms with Crippen LogP contribution in [0.5, 0.6) is 11.5 Å². The molecule has 0 aromatic heterocycles. The molecule has 0 saturated heterocycles. The molecule has 98 valence electrons. The topological polar surface area (TPSA) is 46.5 Å². The molecule has 0 spiro atoms. The SMILES string of the molecule is Cc1cccc(Oc2cccc(Br)c2C(=O)O)c1C. The van der Waals surface area contributed by atoms with Gasteiger partial charge in [-0.15, -0.1) is 0 Å². The van der Waals surface area contributed by atoms with Crippen molar-refractivity contribution in [2.75, 3.05) is 0 Å². The molecule has 0 saturated carbocycles. The molecule has 1 N–H and O–H groups in total. The van der Waals surface area contributed by atoms with Crippen molar-refractivity contribution < 1.29 is 14.6 Å². The molecule has 0 aliphatic carbocycles. The van der Waals surface area contributed by atoms with Gasteiger partial charge >= 0.3 is 5.97 Å². The minimum absolute atomic E-state index is 0.128. The van der Waals surface area contributed by atoms with Gasteiger partial charge < -0.3 is 9.84 Å². The summed E-state index contributed by atoms with van der Waals surface area (Å²) in [5, 5.41) is 9.24. The van der Waals surface area contributed by atoms with Crippen LogP contribution in [0.3, 0.4) is 0 Å². The van der Waals surface area contributed by atoms with Crippen LogP contribution >= 0.6 is 15.9 Å².